The second kappa shape index (κ2) is 7.01. The van der Waals surface area contributed by atoms with E-state index >= 15 is 0 Å². The summed E-state index contributed by atoms with van der Waals surface area (Å²) in [5.74, 6) is 2.60. The number of thioether (sulfide) groups is 1. The largest absolute Gasteiger partial charge is 0.316 e. The summed E-state index contributed by atoms with van der Waals surface area (Å²) in [6.07, 6.45) is 8.49. The van der Waals surface area contributed by atoms with Crippen LogP contribution >= 0.6 is 11.8 Å². The van der Waals surface area contributed by atoms with Gasteiger partial charge in [0.2, 0.25) is 0 Å². The van der Waals surface area contributed by atoms with Crippen LogP contribution in [0.1, 0.15) is 45.4 Å². The summed E-state index contributed by atoms with van der Waals surface area (Å²) in [7, 11) is 0. The van der Waals surface area contributed by atoms with Crippen LogP contribution in [0.5, 0.6) is 0 Å². The molecule has 3 heteroatoms. The van der Waals surface area contributed by atoms with Gasteiger partial charge in [0.25, 0.3) is 0 Å². The van der Waals surface area contributed by atoms with Gasteiger partial charge in [-0.1, -0.05) is 26.2 Å². The van der Waals surface area contributed by atoms with Gasteiger partial charge >= 0.3 is 0 Å². The zero-order chi connectivity index (χ0) is 12.0. The molecule has 1 saturated heterocycles. The zero-order valence-electron chi connectivity index (χ0n) is 11.3. The second-order valence-corrected chi connectivity index (χ2v) is 7.21. The summed E-state index contributed by atoms with van der Waals surface area (Å²) >= 11 is 2.10. The van der Waals surface area contributed by atoms with Crippen LogP contribution in [-0.4, -0.2) is 37.2 Å². The molecule has 17 heavy (non-hydrogen) atoms. The SMILES string of the molecule is CC1(CNCCC2CSCCN2)CCCCC1. The Kier molecular flexibility index (Phi) is 5.64. The lowest BCUT2D eigenvalue weighted by molar-refractivity contribution is 0.207. The number of hydrogen-bond donors (Lipinski definition) is 2. The highest BCUT2D eigenvalue weighted by Gasteiger charge is 2.26. The van der Waals surface area contributed by atoms with E-state index in [0.717, 1.165) is 6.04 Å². The molecule has 2 fully saturated rings. The molecule has 0 spiro atoms. The van der Waals surface area contributed by atoms with E-state index in [-0.39, 0.29) is 0 Å². The van der Waals surface area contributed by atoms with Gasteiger partial charge in [-0.15, -0.1) is 0 Å². The van der Waals surface area contributed by atoms with Crippen LogP contribution in [0.4, 0.5) is 0 Å². The van der Waals surface area contributed by atoms with E-state index in [2.05, 4.69) is 29.3 Å². The lowest BCUT2D eigenvalue weighted by Gasteiger charge is -2.34. The lowest BCUT2D eigenvalue weighted by atomic mass is 9.76. The summed E-state index contributed by atoms with van der Waals surface area (Å²) in [5, 5.41) is 7.30. The Morgan fingerprint density at radius 1 is 1.29 bits per heavy atom. The van der Waals surface area contributed by atoms with E-state index in [9.17, 15) is 0 Å². The van der Waals surface area contributed by atoms with Crippen molar-refractivity contribution in [1.82, 2.24) is 10.6 Å². The normalized spacial score (nSPS) is 29.1. The van der Waals surface area contributed by atoms with Crippen LogP contribution in [-0.2, 0) is 0 Å². The minimum Gasteiger partial charge on any atom is -0.316 e. The third-order valence-corrected chi connectivity index (χ3v) is 5.41. The Labute approximate surface area is 111 Å². The molecule has 100 valence electrons. The number of hydrogen-bond acceptors (Lipinski definition) is 3. The highest BCUT2D eigenvalue weighted by molar-refractivity contribution is 7.99. The fourth-order valence-electron chi connectivity index (χ4n) is 3.05. The van der Waals surface area contributed by atoms with Crippen molar-refractivity contribution in [3.05, 3.63) is 0 Å². The Morgan fingerprint density at radius 3 is 2.82 bits per heavy atom. The minimum atomic E-state index is 0.590. The Balaban J connectivity index is 1.55. The Morgan fingerprint density at radius 2 is 2.12 bits per heavy atom. The van der Waals surface area contributed by atoms with E-state index in [1.54, 1.807) is 0 Å². The van der Waals surface area contributed by atoms with E-state index in [4.69, 9.17) is 0 Å². The first-order valence-electron chi connectivity index (χ1n) is 7.30. The Bertz CT molecular complexity index is 208. The molecule has 0 amide bonds. The maximum Gasteiger partial charge on any atom is 0.0170 e. The average Bonchev–Trinajstić information content (AvgIpc) is 2.37. The number of nitrogens with one attached hydrogen (secondary N) is 2. The topological polar surface area (TPSA) is 24.1 Å². The van der Waals surface area contributed by atoms with E-state index in [1.165, 1.54) is 69.7 Å². The predicted octanol–water partition coefficient (Wildman–Crippen LogP) is 2.64. The summed E-state index contributed by atoms with van der Waals surface area (Å²) in [6, 6.07) is 0.750. The second-order valence-electron chi connectivity index (χ2n) is 6.06. The van der Waals surface area contributed by atoms with Gasteiger partial charge in [-0.25, -0.2) is 0 Å². The molecule has 1 aliphatic carbocycles. The fraction of sp³-hybridized carbons (Fsp3) is 1.00. The summed E-state index contributed by atoms with van der Waals surface area (Å²) in [4.78, 5) is 0. The lowest BCUT2D eigenvalue weighted by Crippen LogP contribution is -2.41. The standard InChI is InChI=1S/C14H28N2S/c1-14(6-3-2-4-7-14)12-15-8-5-13-11-17-10-9-16-13/h13,15-16H,2-12H2,1H3. The first-order chi connectivity index (χ1) is 8.29. The van der Waals surface area contributed by atoms with Gasteiger partial charge in [-0.05, 0) is 31.2 Å². The molecule has 1 unspecified atom stereocenters. The monoisotopic (exact) mass is 256 g/mol. The molecule has 2 N–H and O–H groups in total. The molecule has 1 saturated carbocycles. The molecule has 2 rings (SSSR count). The van der Waals surface area contributed by atoms with Crippen molar-refractivity contribution in [2.24, 2.45) is 5.41 Å². The fourth-order valence-corrected chi connectivity index (χ4v) is 4.05. The van der Waals surface area contributed by atoms with Crippen molar-refractivity contribution in [2.45, 2.75) is 51.5 Å². The molecule has 0 radical (unpaired) electrons. The van der Waals surface area contributed by atoms with E-state index in [0.29, 0.717) is 5.41 Å². The van der Waals surface area contributed by atoms with Gasteiger partial charge in [0, 0.05) is 30.6 Å². The highest BCUT2D eigenvalue weighted by Crippen LogP contribution is 2.34. The van der Waals surface area contributed by atoms with Crippen molar-refractivity contribution >= 4 is 11.8 Å². The van der Waals surface area contributed by atoms with Crippen molar-refractivity contribution in [3.63, 3.8) is 0 Å². The number of rotatable bonds is 5. The van der Waals surface area contributed by atoms with Crippen LogP contribution in [0.3, 0.4) is 0 Å². The van der Waals surface area contributed by atoms with Crippen molar-refractivity contribution in [1.29, 1.82) is 0 Å². The molecule has 0 aromatic carbocycles. The smallest absolute Gasteiger partial charge is 0.0170 e. The van der Waals surface area contributed by atoms with Crippen LogP contribution in [0, 0.1) is 5.41 Å². The molecule has 1 heterocycles. The first kappa shape index (κ1) is 13.7. The molecule has 0 aromatic heterocycles. The third kappa shape index (κ3) is 4.80. The van der Waals surface area contributed by atoms with Gasteiger partial charge < -0.3 is 10.6 Å². The van der Waals surface area contributed by atoms with Crippen LogP contribution in [0.15, 0.2) is 0 Å². The van der Waals surface area contributed by atoms with Gasteiger partial charge in [-0.2, -0.15) is 11.8 Å². The van der Waals surface area contributed by atoms with Crippen molar-refractivity contribution < 1.29 is 0 Å². The van der Waals surface area contributed by atoms with Gasteiger partial charge in [0.1, 0.15) is 0 Å². The summed E-state index contributed by atoms with van der Waals surface area (Å²) in [5.41, 5.74) is 0.590. The van der Waals surface area contributed by atoms with Crippen LogP contribution < -0.4 is 10.6 Å². The van der Waals surface area contributed by atoms with Crippen molar-refractivity contribution in [2.75, 3.05) is 31.1 Å². The molecular formula is C14H28N2S. The zero-order valence-corrected chi connectivity index (χ0v) is 12.1. The molecule has 0 bridgehead atoms. The molecule has 1 atom stereocenters. The quantitative estimate of drug-likeness (QED) is 0.740. The highest BCUT2D eigenvalue weighted by atomic mass is 32.2. The van der Waals surface area contributed by atoms with E-state index < -0.39 is 0 Å². The summed E-state index contributed by atoms with van der Waals surface area (Å²) < 4.78 is 0. The molecular weight excluding hydrogens is 228 g/mol. The maximum absolute atomic E-state index is 3.69. The van der Waals surface area contributed by atoms with Gasteiger partial charge in [0.05, 0.1) is 0 Å². The van der Waals surface area contributed by atoms with Crippen LogP contribution in [0.2, 0.25) is 0 Å². The summed E-state index contributed by atoms with van der Waals surface area (Å²) in [6.45, 7) is 6.08. The Hall–Kier alpha value is 0.270. The molecule has 2 nitrogen and oxygen atoms in total. The average molecular weight is 256 g/mol. The van der Waals surface area contributed by atoms with E-state index in [1.807, 2.05) is 0 Å². The van der Waals surface area contributed by atoms with Gasteiger partial charge in [0.15, 0.2) is 0 Å². The molecule has 2 aliphatic rings. The van der Waals surface area contributed by atoms with Crippen LogP contribution in [0.25, 0.3) is 0 Å². The first-order valence-corrected chi connectivity index (χ1v) is 8.46. The van der Waals surface area contributed by atoms with Gasteiger partial charge in [-0.3, -0.25) is 0 Å². The predicted molar refractivity (Wildman–Crippen MR) is 77.8 cm³/mol. The molecule has 1 aliphatic heterocycles. The third-order valence-electron chi connectivity index (χ3n) is 4.28. The van der Waals surface area contributed by atoms with Crippen molar-refractivity contribution in [3.8, 4) is 0 Å². The minimum absolute atomic E-state index is 0.590. The maximum atomic E-state index is 3.69. The molecule has 0 aromatic rings.